The Labute approximate surface area is 130 Å². The molecule has 0 radical (unpaired) electrons. The van der Waals surface area contributed by atoms with Crippen LogP contribution in [0.1, 0.15) is 11.4 Å². The number of halogens is 3. The van der Waals surface area contributed by atoms with E-state index in [1.807, 2.05) is 0 Å². The molecule has 0 atom stereocenters. The van der Waals surface area contributed by atoms with Crippen molar-refractivity contribution in [3.8, 4) is 0 Å². The van der Waals surface area contributed by atoms with E-state index < -0.39 is 17.5 Å². The quantitative estimate of drug-likeness (QED) is 0.672. The lowest BCUT2D eigenvalue weighted by Gasteiger charge is -2.16. The van der Waals surface area contributed by atoms with Gasteiger partial charge in [0.2, 0.25) is 0 Å². The summed E-state index contributed by atoms with van der Waals surface area (Å²) < 4.78 is 42.7. The molecule has 0 aliphatic carbocycles. The first-order chi connectivity index (χ1) is 10.3. The average Bonchev–Trinajstić information content (AvgIpc) is 2.72. The van der Waals surface area contributed by atoms with Crippen molar-refractivity contribution >= 4 is 12.2 Å². The van der Waals surface area contributed by atoms with Crippen LogP contribution in [0.4, 0.5) is 13.2 Å². The Morgan fingerprint density at radius 3 is 2.36 bits per heavy atom. The Bertz CT molecular complexity index is 720. The summed E-state index contributed by atoms with van der Waals surface area (Å²) in [5.74, 6) is -3.51. The van der Waals surface area contributed by atoms with E-state index in [1.165, 1.54) is 4.68 Å². The molecule has 2 rings (SSSR count). The van der Waals surface area contributed by atoms with E-state index in [4.69, 9.17) is 17.3 Å². The highest BCUT2D eigenvalue weighted by Gasteiger charge is 2.13. The van der Waals surface area contributed by atoms with Gasteiger partial charge in [0.05, 0.1) is 6.67 Å². The zero-order valence-electron chi connectivity index (χ0n) is 12.1. The van der Waals surface area contributed by atoms with Crippen LogP contribution < -0.4 is 0 Å². The first-order valence-corrected chi connectivity index (χ1v) is 6.79. The maximum atomic E-state index is 13.2. The van der Waals surface area contributed by atoms with Crippen LogP contribution in [-0.4, -0.2) is 31.4 Å². The van der Waals surface area contributed by atoms with E-state index in [-0.39, 0.29) is 19.8 Å². The Hall–Kier alpha value is -1.71. The summed E-state index contributed by atoms with van der Waals surface area (Å²) in [6.45, 7) is 0.194. The number of aliphatic hydroxyl groups is 1. The molecule has 1 aromatic heterocycles. The molecule has 9 heteroatoms. The number of rotatable bonds is 5. The minimum Gasteiger partial charge on any atom is -0.388 e. The fourth-order valence-electron chi connectivity index (χ4n) is 2.05. The van der Waals surface area contributed by atoms with Crippen molar-refractivity contribution in [1.29, 1.82) is 0 Å². The third kappa shape index (κ3) is 3.37. The summed E-state index contributed by atoms with van der Waals surface area (Å²) in [5, 5.41) is 13.3. The standard InChI is InChI=1S/C13H15F3N4OS/c1-18(5-8-3-9(14)12(16)10(15)4-8)7-20-13(22)19(2)11(6-21)17-20/h3-4,21H,5-7H2,1-2H3. The molecule has 0 aliphatic rings. The van der Waals surface area contributed by atoms with E-state index in [1.54, 1.807) is 23.6 Å². The smallest absolute Gasteiger partial charge is 0.198 e. The Morgan fingerprint density at radius 1 is 1.27 bits per heavy atom. The normalized spacial score (nSPS) is 11.4. The SMILES string of the molecule is CN(Cc1cc(F)c(F)c(F)c1)Cn1nc(CO)n(C)c1=S. The van der Waals surface area contributed by atoms with Crippen molar-refractivity contribution in [1.82, 2.24) is 19.2 Å². The van der Waals surface area contributed by atoms with Gasteiger partial charge in [-0.15, -0.1) is 0 Å². The van der Waals surface area contributed by atoms with Crippen LogP contribution in [0.15, 0.2) is 12.1 Å². The van der Waals surface area contributed by atoms with Crippen molar-refractivity contribution in [3.05, 3.63) is 45.7 Å². The molecular formula is C13H15F3N4OS. The Morgan fingerprint density at radius 2 is 1.86 bits per heavy atom. The molecule has 0 aliphatic heterocycles. The zero-order chi connectivity index (χ0) is 16.4. The highest BCUT2D eigenvalue weighted by molar-refractivity contribution is 7.71. The number of aromatic nitrogens is 3. The fraction of sp³-hybridized carbons (Fsp3) is 0.385. The van der Waals surface area contributed by atoms with Gasteiger partial charge in [0, 0.05) is 13.6 Å². The lowest BCUT2D eigenvalue weighted by molar-refractivity contribution is 0.237. The Balaban J connectivity index is 2.14. The molecule has 0 amide bonds. The van der Waals surface area contributed by atoms with Gasteiger partial charge in [0.1, 0.15) is 6.61 Å². The van der Waals surface area contributed by atoms with Crippen LogP contribution in [0.5, 0.6) is 0 Å². The van der Waals surface area contributed by atoms with Crippen LogP contribution in [0, 0.1) is 22.2 Å². The van der Waals surface area contributed by atoms with Crippen LogP contribution in [0.2, 0.25) is 0 Å². The third-order valence-corrected chi connectivity index (χ3v) is 3.63. The third-order valence-electron chi connectivity index (χ3n) is 3.14. The van der Waals surface area contributed by atoms with Crippen LogP contribution >= 0.6 is 12.2 Å². The lowest BCUT2D eigenvalue weighted by atomic mass is 10.2. The summed E-state index contributed by atoms with van der Waals surface area (Å²) >= 11 is 5.18. The van der Waals surface area contributed by atoms with E-state index >= 15 is 0 Å². The summed E-state index contributed by atoms with van der Waals surface area (Å²) in [4.78, 5) is 1.70. The van der Waals surface area contributed by atoms with Gasteiger partial charge in [-0.25, -0.2) is 17.9 Å². The van der Waals surface area contributed by atoms with Crippen molar-refractivity contribution in [2.24, 2.45) is 7.05 Å². The topological polar surface area (TPSA) is 46.2 Å². The van der Waals surface area contributed by atoms with Gasteiger partial charge in [-0.05, 0) is 37.0 Å². The van der Waals surface area contributed by atoms with Gasteiger partial charge in [-0.1, -0.05) is 0 Å². The van der Waals surface area contributed by atoms with Crippen molar-refractivity contribution < 1.29 is 18.3 Å². The molecule has 1 N–H and O–H groups in total. The number of hydrogen-bond donors (Lipinski definition) is 1. The maximum absolute atomic E-state index is 13.2. The zero-order valence-corrected chi connectivity index (χ0v) is 12.9. The molecule has 0 spiro atoms. The Kier molecular flexibility index (Phi) is 4.99. The molecule has 22 heavy (non-hydrogen) atoms. The molecule has 1 heterocycles. The average molecular weight is 332 g/mol. The van der Waals surface area contributed by atoms with Gasteiger partial charge >= 0.3 is 0 Å². The minimum atomic E-state index is -1.48. The largest absolute Gasteiger partial charge is 0.388 e. The first-order valence-electron chi connectivity index (χ1n) is 6.39. The second kappa shape index (κ2) is 6.59. The van der Waals surface area contributed by atoms with Crippen LogP contribution in [-0.2, 0) is 26.9 Å². The van der Waals surface area contributed by atoms with Gasteiger partial charge in [-0.3, -0.25) is 4.90 Å². The fourth-order valence-corrected chi connectivity index (χ4v) is 2.26. The van der Waals surface area contributed by atoms with E-state index in [0.29, 0.717) is 16.2 Å². The lowest BCUT2D eigenvalue weighted by Crippen LogP contribution is -2.23. The van der Waals surface area contributed by atoms with E-state index in [2.05, 4.69) is 5.10 Å². The molecule has 0 saturated carbocycles. The van der Waals surface area contributed by atoms with E-state index in [0.717, 1.165) is 12.1 Å². The summed E-state index contributed by atoms with van der Waals surface area (Å²) in [6, 6.07) is 1.90. The monoisotopic (exact) mass is 332 g/mol. The van der Waals surface area contributed by atoms with Gasteiger partial charge in [0.25, 0.3) is 0 Å². The molecular weight excluding hydrogens is 317 g/mol. The second-order valence-corrected chi connectivity index (χ2v) is 5.31. The number of benzene rings is 1. The second-order valence-electron chi connectivity index (χ2n) is 4.94. The number of aliphatic hydroxyl groups excluding tert-OH is 1. The van der Waals surface area contributed by atoms with Crippen LogP contribution in [0.25, 0.3) is 0 Å². The number of hydrogen-bond acceptors (Lipinski definition) is 4. The van der Waals surface area contributed by atoms with E-state index in [9.17, 15) is 13.2 Å². The summed E-state index contributed by atoms with van der Waals surface area (Å²) in [5.41, 5.74) is 0.295. The molecule has 120 valence electrons. The highest BCUT2D eigenvalue weighted by atomic mass is 32.1. The predicted molar refractivity (Wildman–Crippen MR) is 75.7 cm³/mol. The summed E-state index contributed by atoms with van der Waals surface area (Å²) in [6.07, 6.45) is 0. The molecule has 2 aromatic rings. The maximum Gasteiger partial charge on any atom is 0.198 e. The molecule has 0 bridgehead atoms. The summed E-state index contributed by atoms with van der Waals surface area (Å²) in [7, 11) is 3.39. The molecule has 0 saturated heterocycles. The molecule has 1 aromatic carbocycles. The van der Waals surface area contributed by atoms with Gasteiger partial charge in [0.15, 0.2) is 28.0 Å². The van der Waals surface area contributed by atoms with Crippen LogP contribution in [0.3, 0.4) is 0 Å². The van der Waals surface area contributed by atoms with Crippen molar-refractivity contribution in [3.63, 3.8) is 0 Å². The molecule has 5 nitrogen and oxygen atoms in total. The first kappa shape index (κ1) is 16.7. The highest BCUT2D eigenvalue weighted by Crippen LogP contribution is 2.15. The van der Waals surface area contributed by atoms with Gasteiger partial charge < -0.3 is 9.67 Å². The molecule has 0 fully saturated rings. The molecule has 0 unspecified atom stereocenters. The number of nitrogens with zero attached hydrogens (tertiary/aromatic N) is 4. The van der Waals surface area contributed by atoms with Crippen molar-refractivity contribution in [2.75, 3.05) is 7.05 Å². The van der Waals surface area contributed by atoms with Crippen molar-refractivity contribution in [2.45, 2.75) is 19.8 Å². The van der Waals surface area contributed by atoms with Gasteiger partial charge in [-0.2, -0.15) is 5.10 Å². The predicted octanol–water partition coefficient (Wildman–Crippen LogP) is 1.95. The minimum absolute atomic E-state index is 0.181.